The van der Waals surface area contributed by atoms with Gasteiger partial charge in [0.2, 0.25) is 27.7 Å². The van der Waals surface area contributed by atoms with Crippen LogP contribution in [0.15, 0.2) is 43.5 Å². The number of carbonyl (C=O) groups is 6. The molecule has 2 aliphatic heterocycles. The molecule has 4 aliphatic rings. The van der Waals surface area contributed by atoms with E-state index in [4.69, 9.17) is 9.47 Å². The van der Waals surface area contributed by atoms with Crippen molar-refractivity contribution in [3.8, 4) is 0 Å². The molecule has 2 aliphatic carbocycles. The van der Waals surface area contributed by atoms with Crippen molar-refractivity contribution in [1.29, 1.82) is 0 Å². The van der Waals surface area contributed by atoms with E-state index in [1.165, 1.54) is 35.1 Å². The van der Waals surface area contributed by atoms with E-state index in [9.17, 15) is 41.6 Å². The Labute approximate surface area is 313 Å². The Morgan fingerprint density at radius 1 is 1.13 bits per heavy atom. The van der Waals surface area contributed by atoms with Crippen LogP contribution in [0.5, 0.6) is 0 Å². The molecule has 2 heterocycles. The lowest BCUT2D eigenvalue weighted by Gasteiger charge is -2.31. The van der Waals surface area contributed by atoms with Crippen LogP contribution in [0.25, 0.3) is 0 Å². The van der Waals surface area contributed by atoms with Crippen LogP contribution in [0.3, 0.4) is 0 Å². The van der Waals surface area contributed by atoms with Crippen molar-refractivity contribution in [3.05, 3.63) is 60.5 Å². The molecule has 16 nitrogen and oxygen atoms in total. The molecular formula is C36H47FN6O10S. The predicted octanol–water partition coefficient (Wildman–Crippen LogP) is 1.84. The number of halogens is 1. The minimum Gasteiger partial charge on any atom is -0.444 e. The van der Waals surface area contributed by atoms with Gasteiger partial charge in [-0.3, -0.25) is 28.8 Å². The maximum atomic E-state index is 14.4. The van der Waals surface area contributed by atoms with Gasteiger partial charge >= 0.3 is 12.2 Å². The molecule has 5 rings (SSSR count). The maximum absolute atomic E-state index is 14.4. The van der Waals surface area contributed by atoms with Gasteiger partial charge in [0.05, 0.1) is 18.3 Å². The first kappa shape index (κ1) is 40.2. The SMILES string of the molecule is C=CC(=O)N(C)CC[C@H](NC(=O)OC(C)(C)C)C(=O)N1C[C@H](OC(=O)N2Cc3cccc(F)c3C2)C[C@H]1C(=O)NC1(C(=O)NS(=O)(=O)C2CC2)C[C@H]1C=C. The lowest BCUT2D eigenvalue weighted by Crippen LogP contribution is -2.58. The fourth-order valence-corrected chi connectivity index (χ4v) is 7.98. The van der Waals surface area contributed by atoms with Crippen LogP contribution in [-0.4, -0.2) is 114 Å². The number of ether oxygens (including phenoxy) is 2. The molecule has 3 N–H and O–H groups in total. The van der Waals surface area contributed by atoms with Gasteiger partial charge in [-0.2, -0.15) is 0 Å². The Hall–Kier alpha value is -5.00. The molecule has 2 saturated carbocycles. The second-order valence-electron chi connectivity index (χ2n) is 15.1. The molecule has 0 aromatic heterocycles. The van der Waals surface area contributed by atoms with Gasteiger partial charge < -0.3 is 29.9 Å². The van der Waals surface area contributed by atoms with Crippen molar-refractivity contribution in [1.82, 2.24) is 30.1 Å². The van der Waals surface area contributed by atoms with Crippen LogP contribution in [0.2, 0.25) is 0 Å². The van der Waals surface area contributed by atoms with Crippen LogP contribution >= 0.6 is 0 Å². The van der Waals surface area contributed by atoms with Gasteiger partial charge in [-0.05, 0) is 64.2 Å². The molecule has 54 heavy (non-hydrogen) atoms. The average molecular weight is 775 g/mol. The lowest BCUT2D eigenvalue weighted by molar-refractivity contribution is -0.141. The summed E-state index contributed by atoms with van der Waals surface area (Å²) >= 11 is 0. The van der Waals surface area contributed by atoms with E-state index < -0.39 is 92.2 Å². The molecule has 5 atom stereocenters. The third-order valence-electron chi connectivity index (χ3n) is 9.84. The number of fused-ring (bicyclic) bond motifs is 1. The van der Waals surface area contributed by atoms with Gasteiger partial charge in [0, 0.05) is 38.0 Å². The minimum atomic E-state index is -3.97. The van der Waals surface area contributed by atoms with E-state index in [0.29, 0.717) is 24.0 Å². The molecule has 294 valence electrons. The Morgan fingerprint density at radius 3 is 2.43 bits per heavy atom. The van der Waals surface area contributed by atoms with Crippen LogP contribution in [0.1, 0.15) is 64.0 Å². The van der Waals surface area contributed by atoms with E-state index in [1.807, 2.05) is 0 Å². The Balaban J connectivity index is 1.39. The topological polar surface area (TPSA) is 201 Å². The molecule has 1 saturated heterocycles. The minimum absolute atomic E-state index is 0.0218. The van der Waals surface area contributed by atoms with E-state index in [-0.39, 0.29) is 45.4 Å². The number of likely N-dealkylation sites (tertiary alicyclic amines) is 1. The third kappa shape index (κ3) is 9.02. The zero-order chi connectivity index (χ0) is 39.7. The first-order valence-corrected chi connectivity index (χ1v) is 19.2. The first-order chi connectivity index (χ1) is 25.3. The molecule has 0 bridgehead atoms. The summed E-state index contributed by atoms with van der Waals surface area (Å²) in [6.07, 6.45) is 0.189. The highest BCUT2D eigenvalue weighted by Crippen LogP contribution is 2.45. The highest BCUT2D eigenvalue weighted by molar-refractivity contribution is 7.91. The van der Waals surface area contributed by atoms with Gasteiger partial charge in [-0.25, -0.2) is 22.4 Å². The number of nitrogens with zero attached hydrogens (tertiary/aromatic N) is 3. The fourth-order valence-electron chi connectivity index (χ4n) is 6.62. The molecule has 1 unspecified atom stereocenters. The molecule has 1 aromatic carbocycles. The predicted molar refractivity (Wildman–Crippen MR) is 191 cm³/mol. The second kappa shape index (κ2) is 15.4. The molecule has 0 spiro atoms. The number of carbonyl (C=O) groups excluding carboxylic acids is 6. The maximum Gasteiger partial charge on any atom is 0.410 e. The average Bonchev–Trinajstić information content (AvgIpc) is 3.99. The number of nitrogens with one attached hydrogen (secondary N) is 3. The van der Waals surface area contributed by atoms with E-state index in [0.717, 1.165) is 11.0 Å². The van der Waals surface area contributed by atoms with Crippen molar-refractivity contribution in [3.63, 3.8) is 0 Å². The van der Waals surface area contributed by atoms with E-state index in [1.54, 1.807) is 26.8 Å². The summed E-state index contributed by atoms with van der Waals surface area (Å²) < 4.78 is 53.0. The first-order valence-electron chi connectivity index (χ1n) is 17.7. The standard InChI is InChI=1S/C36H47FN6O10S/c1-7-22-17-36(22,32(47)40-54(50,51)24-12-13-24)39-30(45)28-16-23(52-34(49)42-18-21-10-9-11-26(37)25(21)20-42)19-43(28)31(46)27(14-15-41(6)29(44)8-2)38-33(48)53-35(3,4)5/h7-11,22-24,27-28H,1-2,12-20H2,3-6H3,(H,38,48)(H,39,45)(H,40,47)/t22-,23-,27+,28+,36?/m1/s1. The van der Waals surface area contributed by atoms with E-state index in [2.05, 4.69) is 28.5 Å². The van der Waals surface area contributed by atoms with Crippen molar-refractivity contribution in [2.24, 2.45) is 5.92 Å². The molecular weight excluding hydrogens is 727 g/mol. The Bertz CT molecular complexity index is 1850. The molecule has 6 amide bonds. The summed E-state index contributed by atoms with van der Waals surface area (Å²) in [5.41, 5.74) is -1.65. The highest BCUT2D eigenvalue weighted by atomic mass is 32.2. The zero-order valence-corrected chi connectivity index (χ0v) is 31.6. The van der Waals surface area contributed by atoms with Crippen LogP contribution in [0.4, 0.5) is 14.0 Å². The molecule has 0 radical (unpaired) electrons. The summed E-state index contributed by atoms with van der Waals surface area (Å²) in [7, 11) is -2.50. The summed E-state index contributed by atoms with van der Waals surface area (Å²) in [6.45, 7) is 11.7. The second-order valence-corrected chi connectivity index (χ2v) is 17.1. The van der Waals surface area contributed by atoms with E-state index >= 15 is 0 Å². The summed E-state index contributed by atoms with van der Waals surface area (Å²) in [5.74, 6) is -4.09. The molecule has 1 aromatic rings. The number of benzene rings is 1. The lowest BCUT2D eigenvalue weighted by atomic mass is 10.1. The Morgan fingerprint density at radius 2 is 1.83 bits per heavy atom. The van der Waals surface area contributed by atoms with Crippen molar-refractivity contribution < 1.29 is 51.0 Å². The number of rotatable bonds is 13. The monoisotopic (exact) mass is 774 g/mol. The number of alkyl carbamates (subject to hydrolysis) is 1. The van der Waals surface area contributed by atoms with Crippen molar-refractivity contribution in [2.45, 2.75) is 101 Å². The van der Waals surface area contributed by atoms with Gasteiger partial charge in [-0.15, -0.1) is 6.58 Å². The normalized spacial score (nSPS) is 23.7. The smallest absolute Gasteiger partial charge is 0.410 e. The zero-order valence-electron chi connectivity index (χ0n) is 30.8. The highest BCUT2D eigenvalue weighted by Gasteiger charge is 2.62. The summed E-state index contributed by atoms with van der Waals surface area (Å²) in [4.78, 5) is 84.1. The number of likely N-dealkylation sites (N-methyl/N-ethyl adjacent to an activating group) is 1. The third-order valence-corrected chi connectivity index (χ3v) is 11.7. The van der Waals surface area contributed by atoms with Gasteiger partial charge in [0.1, 0.15) is 35.1 Å². The van der Waals surface area contributed by atoms with Gasteiger partial charge in [0.25, 0.3) is 5.91 Å². The number of hydrogen-bond donors (Lipinski definition) is 3. The number of amides is 6. The molecule has 3 fully saturated rings. The quantitative estimate of drug-likeness (QED) is 0.196. The van der Waals surface area contributed by atoms with Crippen LogP contribution in [-0.2, 0) is 51.8 Å². The fraction of sp³-hybridized carbons (Fsp3) is 0.556. The van der Waals surface area contributed by atoms with Crippen LogP contribution in [0, 0.1) is 11.7 Å². The van der Waals surface area contributed by atoms with Crippen molar-refractivity contribution >= 4 is 45.8 Å². The summed E-state index contributed by atoms with van der Waals surface area (Å²) in [6, 6.07) is 1.80. The Kier molecular flexibility index (Phi) is 11.5. The van der Waals surface area contributed by atoms with Gasteiger partial charge in [0.15, 0.2) is 0 Å². The summed E-state index contributed by atoms with van der Waals surface area (Å²) in [5, 5.41) is 4.48. The van der Waals surface area contributed by atoms with Crippen LogP contribution < -0.4 is 15.4 Å². The largest absolute Gasteiger partial charge is 0.444 e. The molecule has 18 heteroatoms. The van der Waals surface area contributed by atoms with Crippen molar-refractivity contribution in [2.75, 3.05) is 20.1 Å². The van der Waals surface area contributed by atoms with Gasteiger partial charge in [-0.1, -0.05) is 24.8 Å². The number of sulfonamides is 1. The number of hydrogen-bond acceptors (Lipinski definition) is 10.